The normalized spacial score (nSPS) is 23.8. The molecule has 18 heavy (non-hydrogen) atoms. The minimum Gasteiger partial charge on any atom is -0.396 e. The summed E-state index contributed by atoms with van der Waals surface area (Å²) in [6, 6.07) is 0. The van der Waals surface area contributed by atoms with Crippen LogP contribution in [0.5, 0.6) is 0 Å². The molecule has 2 unspecified atom stereocenters. The van der Waals surface area contributed by atoms with Crippen LogP contribution in [0.3, 0.4) is 0 Å². The molecule has 6 heteroatoms. The number of nitrogens with zero attached hydrogens (tertiary/aromatic N) is 3. The zero-order valence-corrected chi connectivity index (χ0v) is 10.5. The van der Waals surface area contributed by atoms with Crippen molar-refractivity contribution in [3.63, 3.8) is 0 Å². The van der Waals surface area contributed by atoms with Gasteiger partial charge in [0.15, 0.2) is 0 Å². The molecule has 0 saturated heterocycles. The van der Waals surface area contributed by atoms with Crippen LogP contribution in [-0.2, 0) is 11.3 Å². The van der Waals surface area contributed by atoms with E-state index in [0.29, 0.717) is 18.4 Å². The molecule has 1 heterocycles. The predicted octanol–water partition coefficient (Wildman–Crippen LogP) is 0.193. The Morgan fingerprint density at radius 2 is 2.17 bits per heavy atom. The Morgan fingerprint density at radius 1 is 1.39 bits per heavy atom. The maximum atomic E-state index is 11.7. The van der Waals surface area contributed by atoms with Gasteiger partial charge in [-0.3, -0.25) is 4.79 Å². The third kappa shape index (κ3) is 3.53. The van der Waals surface area contributed by atoms with Crippen LogP contribution in [0.15, 0.2) is 12.7 Å². The molecule has 1 aromatic rings. The summed E-state index contributed by atoms with van der Waals surface area (Å²) in [6.45, 7) is 1.08. The lowest BCUT2D eigenvalue weighted by Gasteiger charge is -2.30. The number of aliphatic hydroxyl groups excluding tert-OH is 1. The van der Waals surface area contributed by atoms with E-state index < -0.39 is 0 Å². The average molecular weight is 252 g/mol. The molecule has 1 amide bonds. The van der Waals surface area contributed by atoms with Crippen molar-refractivity contribution in [1.29, 1.82) is 0 Å². The van der Waals surface area contributed by atoms with E-state index in [1.807, 2.05) is 0 Å². The van der Waals surface area contributed by atoms with E-state index in [1.165, 1.54) is 30.2 Å². The van der Waals surface area contributed by atoms with Gasteiger partial charge in [0.2, 0.25) is 5.91 Å². The maximum Gasteiger partial charge on any atom is 0.241 e. The van der Waals surface area contributed by atoms with E-state index in [4.69, 9.17) is 0 Å². The lowest BCUT2D eigenvalue weighted by Crippen LogP contribution is -2.37. The smallest absolute Gasteiger partial charge is 0.241 e. The van der Waals surface area contributed by atoms with Gasteiger partial charge in [-0.25, -0.2) is 9.67 Å². The van der Waals surface area contributed by atoms with E-state index in [2.05, 4.69) is 15.4 Å². The summed E-state index contributed by atoms with van der Waals surface area (Å²) in [5.74, 6) is 0.691. The molecule has 1 aromatic heterocycles. The summed E-state index contributed by atoms with van der Waals surface area (Å²) in [4.78, 5) is 15.5. The van der Waals surface area contributed by atoms with E-state index in [0.717, 1.165) is 12.8 Å². The van der Waals surface area contributed by atoms with Gasteiger partial charge >= 0.3 is 0 Å². The van der Waals surface area contributed by atoms with Gasteiger partial charge in [-0.2, -0.15) is 5.10 Å². The number of carbonyl (C=O) groups excluding carboxylic acids is 1. The number of rotatable bonds is 5. The molecule has 0 aliphatic heterocycles. The Kier molecular flexibility index (Phi) is 4.69. The van der Waals surface area contributed by atoms with Crippen molar-refractivity contribution in [3.05, 3.63) is 12.7 Å². The fraction of sp³-hybridized carbons (Fsp3) is 0.750. The summed E-state index contributed by atoms with van der Waals surface area (Å²) in [5, 5.41) is 16.1. The number of aliphatic hydroxyl groups is 1. The number of amides is 1. The van der Waals surface area contributed by atoms with Crippen molar-refractivity contribution in [2.45, 2.75) is 32.2 Å². The number of carbonyl (C=O) groups is 1. The van der Waals surface area contributed by atoms with Gasteiger partial charge in [0.25, 0.3) is 0 Å². The molecule has 2 rings (SSSR count). The predicted molar refractivity (Wildman–Crippen MR) is 65.6 cm³/mol. The highest BCUT2D eigenvalue weighted by Gasteiger charge is 2.24. The van der Waals surface area contributed by atoms with Crippen molar-refractivity contribution < 1.29 is 9.90 Å². The molecule has 1 aliphatic rings. The monoisotopic (exact) mass is 252 g/mol. The van der Waals surface area contributed by atoms with Crippen molar-refractivity contribution in [3.8, 4) is 0 Å². The van der Waals surface area contributed by atoms with Crippen LogP contribution >= 0.6 is 0 Å². The van der Waals surface area contributed by atoms with E-state index in [1.54, 1.807) is 0 Å². The summed E-state index contributed by atoms with van der Waals surface area (Å²) in [7, 11) is 0. The molecule has 0 radical (unpaired) electrons. The van der Waals surface area contributed by atoms with Crippen LogP contribution in [-0.4, -0.2) is 38.9 Å². The molecule has 0 spiro atoms. The number of nitrogens with one attached hydrogen (secondary N) is 1. The second-order valence-electron chi connectivity index (χ2n) is 4.88. The Hall–Kier alpha value is -1.43. The number of hydrogen-bond donors (Lipinski definition) is 2. The summed E-state index contributed by atoms with van der Waals surface area (Å²) in [5.41, 5.74) is 0. The highest BCUT2D eigenvalue weighted by molar-refractivity contribution is 5.75. The summed E-state index contributed by atoms with van der Waals surface area (Å²) in [6.07, 6.45) is 7.48. The standard InChI is InChI=1S/C12H20N4O2/c17-7-11-4-2-1-3-10(11)5-14-12(18)6-16-9-13-8-15-16/h8-11,17H,1-7H2,(H,14,18). The number of aromatic nitrogens is 3. The second kappa shape index (κ2) is 6.49. The largest absolute Gasteiger partial charge is 0.396 e. The fourth-order valence-electron chi connectivity index (χ4n) is 2.56. The summed E-state index contributed by atoms with van der Waals surface area (Å²) >= 11 is 0. The van der Waals surface area contributed by atoms with Gasteiger partial charge < -0.3 is 10.4 Å². The van der Waals surface area contributed by atoms with Crippen molar-refractivity contribution >= 4 is 5.91 Å². The molecular formula is C12H20N4O2. The SMILES string of the molecule is O=C(Cn1cncn1)NCC1CCCCC1CO. The molecular weight excluding hydrogens is 232 g/mol. The Bertz CT molecular complexity index is 366. The fourth-order valence-corrected chi connectivity index (χ4v) is 2.56. The second-order valence-corrected chi connectivity index (χ2v) is 4.88. The molecule has 0 bridgehead atoms. The topological polar surface area (TPSA) is 80.0 Å². The summed E-state index contributed by atoms with van der Waals surface area (Å²) < 4.78 is 1.50. The van der Waals surface area contributed by atoms with Gasteiger partial charge in [-0.1, -0.05) is 12.8 Å². The molecule has 2 atom stereocenters. The van der Waals surface area contributed by atoms with Crippen molar-refractivity contribution in [2.75, 3.05) is 13.2 Å². The molecule has 2 N–H and O–H groups in total. The first kappa shape index (κ1) is 13.0. The van der Waals surface area contributed by atoms with Gasteiger partial charge in [0, 0.05) is 13.2 Å². The quantitative estimate of drug-likeness (QED) is 0.784. The highest BCUT2D eigenvalue weighted by Crippen LogP contribution is 2.28. The van der Waals surface area contributed by atoms with Crippen LogP contribution < -0.4 is 5.32 Å². The van der Waals surface area contributed by atoms with Crippen LogP contribution in [0.25, 0.3) is 0 Å². The molecule has 1 fully saturated rings. The molecule has 0 aromatic carbocycles. The zero-order chi connectivity index (χ0) is 12.8. The van der Waals surface area contributed by atoms with Crippen LogP contribution in [0.2, 0.25) is 0 Å². The van der Waals surface area contributed by atoms with Gasteiger partial charge in [-0.05, 0) is 24.7 Å². The third-order valence-electron chi connectivity index (χ3n) is 3.63. The first-order valence-corrected chi connectivity index (χ1v) is 6.49. The van der Waals surface area contributed by atoms with E-state index in [9.17, 15) is 9.90 Å². The Labute approximate surface area is 106 Å². The first-order chi connectivity index (χ1) is 8.79. The molecule has 6 nitrogen and oxygen atoms in total. The maximum absolute atomic E-state index is 11.7. The minimum absolute atomic E-state index is 0.0530. The van der Waals surface area contributed by atoms with Crippen LogP contribution in [0.1, 0.15) is 25.7 Å². The van der Waals surface area contributed by atoms with Crippen molar-refractivity contribution in [2.24, 2.45) is 11.8 Å². The zero-order valence-electron chi connectivity index (χ0n) is 10.5. The Morgan fingerprint density at radius 3 is 2.83 bits per heavy atom. The van der Waals surface area contributed by atoms with E-state index >= 15 is 0 Å². The molecule has 1 saturated carbocycles. The minimum atomic E-state index is -0.0530. The van der Waals surface area contributed by atoms with Gasteiger partial charge in [0.1, 0.15) is 19.2 Å². The van der Waals surface area contributed by atoms with E-state index in [-0.39, 0.29) is 19.1 Å². The third-order valence-corrected chi connectivity index (χ3v) is 3.63. The van der Waals surface area contributed by atoms with Crippen LogP contribution in [0, 0.1) is 11.8 Å². The molecule has 100 valence electrons. The average Bonchev–Trinajstić information content (AvgIpc) is 2.89. The van der Waals surface area contributed by atoms with Crippen LogP contribution in [0.4, 0.5) is 0 Å². The molecule has 1 aliphatic carbocycles. The highest BCUT2D eigenvalue weighted by atomic mass is 16.3. The van der Waals surface area contributed by atoms with Crippen molar-refractivity contribution in [1.82, 2.24) is 20.1 Å². The number of hydrogen-bond acceptors (Lipinski definition) is 4. The Balaban J connectivity index is 1.74. The lowest BCUT2D eigenvalue weighted by molar-refractivity contribution is -0.122. The lowest BCUT2D eigenvalue weighted by atomic mass is 9.79. The van der Waals surface area contributed by atoms with Gasteiger partial charge in [-0.15, -0.1) is 0 Å². The van der Waals surface area contributed by atoms with Gasteiger partial charge in [0.05, 0.1) is 0 Å². The first-order valence-electron chi connectivity index (χ1n) is 6.49.